The molecule has 0 radical (unpaired) electrons. The molecule has 0 aliphatic heterocycles. The zero-order chi connectivity index (χ0) is 16.2. The number of carbonyl (C=O) groups excluding carboxylic acids is 1. The van der Waals surface area contributed by atoms with Gasteiger partial charge in [-0.15, -0.1) is 11.3 Å². The average Bonchev–Trinajstić information content (AvgIpc) is 2.80. The van der Waals surface area contributed by atoms with E-state index < -0.39 is 29.1 Å². The number of amides is 1. The summed E-state index contributed by atoms with van der Waals surface area (Å²) in [6.45, 7) is 0. The van der Waals surface area contributed by atoms with Crippen LogP contribution in [0.15, 0.2) is 18.2 Å². The molecule has 2 heterocycles. The molecular weight excluding hydrogens is 341 g/mol. The summed E-state index contributed by atoms with van der Waals surface area (Å²) in [5.74, 6) is -1.46. The van der Waals surface area contributed by atoms with Crippen LogP contribution in [0.3, 0.4) is 0 Å². The van der Waals surface area contributed by atoms with Gasteiger partial charge in [0.2, 0.25) is 0 Å². The number of halogens is 4. The maximum Gasteiger partial charge on any atom is 0.416 e. The first kappa shape index (κ1) is 14.9. The number of aromatic nitrogens is 1. The van der Waals surface area contributed by atoms with Gasteiger partial charge in [-0.2, -0.15) is 13.2 Å². The second-order valence-corrected chi connectivity index (χ2v) is 5.89. The van der Waals surface area contributed by atoms with Gasteiger partial charge in [-0.3, -0.25) is 4.79 Å². The summed E-state index contributed by atoms with van der Waals surface area (Å²) >= 11 is 6.96. The molecular formula is C13H6ClF3N2O2S. The Bertz CT molecular complexity index is 937. The number of hydrogen-bond donors (Lipinski definition) is 2. The number of alkyl halides is 3. The third-order valence-electron chi connectivity index (χ3n) is 3.10. The highest BCUT2D eigenvalue weighted by Crippen LogP contribution is 2.44. The van der Waals surface area contributed by atoms with Crippen LogP contribution in [0.5, 0.6) is 5.75 Å². The molecule has 0 saturated heterocycles. The summed E-state index contributed by atoms with van der Waals surface area (Å²) < 4.78 is 39.1. The van der Waals surface area contributed by atoms with Crippen molar-refractivity contribution in [3.63, 3.8) is 0 Å². The quantitative estimate of drug-likeness (QED) is 0.655. The Kier molecular flexibility index (Phi) is 3.19. The van der Waals surface area contributed by atoms with Crippen molar-refractivity contribution in [2.75, 3.05) is 0 Å². The van der Waals surface area contributed by atoms with Crippen LogP contribution in [0.2, 0.25) is 5.15 Å². The van der Waals surface area contributed by atoms with Crippen LogP contribution in [0, 0.1) is 0 Å². The molecule has 3 aromatic rings. The topological polar surface area (TPSA) is 76.2 Å². The Labute approximate surface area is 129 Å². The molecule has 2 aromatic heterocycles. The van der Waals surface area contributed by atoms with Crippen LogP contribution in [-0.2, 0) is 6.18 Å². The number of aromatic hydroxyl groups is 1. The number of rotatable bonds is 1. The number of pyridine rings is 1. The standard InChI is InChI=1S/C13H6ClF3N2O2S/c14-11-7-5-3-4(13(15,16)17)1-2-6(5)22-10(7)9(20)8(19-11)12(18)21/h1-3,20H,(H2,18,21). The SMILES string of the molecule is NC(=O)c1nc(Cl)c2c(sc3ccc(C(F)(F)F)cc32)c1O. The Morgan fingerprint density at radius 3 is 2.64 bits per heavy atom. The lowest BCUT2D eigenvalue weighted by atomic mass is 10.1. The van der Waals surface area contributed by atoms with E-state index in [0.717, 1.165) is 23.5 Å². The Hall–Kier alpha value is -2.06. The Morgan fingerprint density at radius 1 is 1.36 bits per heavy atom. The van der Waals surface area contributed by atoms with E-state index in [9.17, 15) is 23.1 Å². The number of fused-ring (bicyclic) bond motifs is 3. The number of nitrogens with zero attached hydrogens (tertiary/aromatic N) is 1. The molecule has 1 aromatic carbocycles. The van der Waals surface area contributed by atoms with E-state index in [2.05, 4.69) is 4.98 Å². The molecule has 3 rings (SSSR count). The normalized spacial score (nSPS) is 12.2. The van der Waals surface area contributed by atoms with Crippen molar-refractivity contribution in [3.05, 3.63) is 34.6 Å². The third kappa shape index (κ3) is 2.15. The van der Waals surface area contributed by atoms with Gasteiger partial charge in [0.1, 0.15) is 5.15 Å². The van der Waals surface area contributed by atoms with E-state index >= 15 is 0 Å². The van der Waals surface area contributed by atoms with Gasteiger partial charge < -0.3 is 10.8 Å². The van der Waals surface area contributed by atoms with Gasteiger partial charge >= 0.3 is 6.18 Å². The summed E-state index contributed by atoms with van der Waals surface area (Å²) in [5, 5.41) is 10.2. The largest absolute Gasteiger partial charge is 0.504 e. The van der Waals surface area contributed by atoms with Crippen molar-refractivity contribution in [3.8, 4) is 5.75 Å². The monoisotopic (exact) mass is 346 g/mol. The molecule has 0 bridgehead atoms. The second kappa shape index (κ2) is 4.72. The molecule has 3 N–H and O–H groups in total. The van der Waals surface area contributed by atoms with Gasteiger partial charge in [-0.25, -0.2) is 4.98 Å². The number of benzene rings is 1. The van der Waals surface area contributed by atoms with Crippen LogP contribution in [0.1, 0.15) is 16.1 Å². The van der Waals surface area contributed by atoms with Crippen molar-refractivity contribution < 1.29 is 23.1 Å². The molecule has 0 saturated carbocycles. The van der Waals surface area contributed by atoms with Gasteiger partial charge in [-0.1, -0.05) is 11.6 Å². The van der Waals surface area contributed by atoms with E-state index in [0.29, 0.717) is 4.70 Å². The van der Waals surface area contributed by atoms with E-state index in [1.165, 1.54) is 6.07 Å². The fraction of sp³-hybridized carbons (Fsp3) is 0.0769. The zero-order valence-corrected chi connectivity index (χ0v) is 12.1. The van der Waals surface area contributed by atoms with Crippen LogP contribution >= 0.6 is 22.9 Å². The van der Waals surface area contributed by atoms with E-state index in [1.807, 2.05) is 0 Å². The molecule has 0 aliphatic rings. The highest BCUT2D eigenvalue weighted by Gasteiger charge is 2.31. The lowest BCUT2D eigenvalue weighted by Crippen LogP contribution is -2.13. The second-order valence-electron chi connectivity index (χ2n) is 4.48. The average molecular weight is 347 g/mol. The van der Waals surface area contributed by atoms with Crippen LogP contribution in [0.25, 0.3) is 20.2 Å². The Balaban J connectivity index is 2.44. The Morgan fingerprint density at radius 2 is 2.05 bits per heavy atom. The molecule has 1 amide bonds. The van der Waals surface area contributed by atoms with Crippen molar-refractivity contribution in [1.82, 2.24) is 4.98 Å². The molecule has 114 valence electrons. The van der Waals surface area contributed by atoms with Gasteiger partial charge in [0.25, 0.3) is 5.91 Å². The first-order valence-electron chi connectivity index (χ1n) is 5.82. The number of carbonyl (C=O) groups is 1. The highest BCUT2D eigenvalue weighted by atomic mass is 35.5. The summed E-state index contributed by atoms with van der Waals surface area (Å²) in [7, 11) is 0. The number of primary amides is 1. The fourth-order valence-corrected chi connectivity index (χ4v) is 3.60. The van der Waals surface area contributed by atoms with E-state index in [1.54, 1.807) is 0 Å². The molecule has 9 heteroatoms. The highest BCUT2D eigenvalue weighted by molar-refractivity contribution is 7.26. The van der Waals surface area contributed by atoms with Crippen molar-refractivity contribution in [2.45, 2.75) is 6.18 Å². The summed E-state index contributed by atoms with van der Waals surface area (Å²) in [5.41, 5.74) is 3.83. The smallest absolute Gasteiger partial charge is 0.416 e. The third-order valence-corrected chi connectivity index (χ3v) is 4.56. The molecule has 0 atom stereocenters. The first-order valence-corrected chi connectivity index (χ1v) is 7.01. The van der Waals surface area contributed by atoms with Crippen LogP contribution in [-0.4, -0.2) is 16.0 Å². The van der Waals surface area contributed by atoms with E-state index in [4.69, 9.17) is 17.3 Å². The van der Waals surface area contributed by atoms with Crippen molar-refractivity contribution in [2.24, 2.45) is 5.73 Å². The predicted octanol–water partition coefficient (Wildman–Crippen LogP) is 3.93. The molecule has 0 spiro atoms. The summed E-state index contributed by atoms with van der Waals surface area (Å²) in [6, 6.07) is 3.15. The number of thiophene rings is 1. The van der Waals surface area contributed by atoms with Gasteiger partial charge in [0.15, 0.2) is 11.4 Å². The molecule has 22 heavy (non-hydrogen) atoms. The van der Waals surface area contributed by atoms with Crippen molar-refractivity contribution in [1.29, 1.82) is 0 Å². The lowest BCUT2D eigenvalue weighted by Gasteiger charge is -2.06. The molecule has 0 aliphatic carbocycles. The number of nitrogens with two attached hydrogens (primary N) is 1. The summed E-state index contributed by atoms with van der Waals surface area (Å²) in [4.78, 5) is 14.9. The van der Waals surface area contributed by atoms with Gasteiger partial charge in [0.05, 0.1) is 10.3 Å². The van der Waals surface area contributed by atoms with E-state index in [-0.39, 0.29) is 20.6 Å². The minimum absolute atomic E-state index is 0.162. The van der Waals surface area contributed by atoms with Gasteiger partial charge in [-0.05, 0) is 18.2 Å². The van der Waals surface area contributed by atoms with Gasteiger partial charge in [0, 0.05) is 15.5 Å². The molecule has 0 fully saturated rings. The van der Waals surface area contributed by atoms with Crippen molar-refractivity contribution >= 4 is 49.0 Å². The maximum absolute atomic E-state index is 12.8. The molecule has 4 nitrogen and oxygen atoms in total. The molecule has 0 unspecified atom stereocenters. The minimum Gasteiger partial charge on any atom is -0.504 e. The first-order chi connectivity index (χ1) is 10.2. The fourth-order valence-electron chi connectivity index (χ4n) is 2.13. The van der Waals surface area contributed by atoms with Crippen LogP contribution in [0.4, 0.5) is 13.2 Å². The zero-order valence-electron chi connectivity index (χ0n) is 10.5. The minimum atomic E-state index is -4.50. The van der Waals surface area contributed by atoms with Crippen LogP contribution < -0.4 is 5.73 Å². The lowest BCUT2D eigenvalue weighted by molar-refractivity contribution is -0.137. The predicted molar refractivity (Wildman–Crippen MR) is 77.3 cm³/mol. The summed E-state index contributed by atoms with van der Waals surface area (Å²) in [6.07, 6.45) is -4.50. The maximum atomic E-state index is 12.8. The number of hydrogen-bond acceptors (Lipinski definition) is 4.